The second-order valence-corrected chi connectivity index (χ2v) is 5.75. The molecule has 0 aliphatic carbocycles. The summed E-state index contributed by atoms with van der Waals surface area (Å²) in [5.41, 5.74) is 2.02. The highest BCUT2D eigenvalue weighted by molar-refractivity contribution is 5.93. The van der Waals surface area contributed by atoms with Crippen molar-refractivity contribution in [3.8, 4) is 17.2 Å². The van der Waals surface area contributed by atoms with Crippen LogP contribution in [0.3, 0.4) is 0 Å². The summed E-state index contributed by atoms with van der Waals surface area (Å²) in [6.45, 7) is 5.99. The number of para-hydroxylation sites is 1. The first kappa shape index (κ1) is 20.4. The van der Waals surface area contributed by atoms with Gasteiger partial charge in [0.15, 0.2) is 17.5 Å². The molecule has 2 aromatic rings. The quantitative estimate of drug-likeness (QED) is 0.519. The van der Waals surface area contributed by atoms with Crippen LogP contribution in [0.2, 0.25) is 0 Å². The summed E-state index contributed by atoms with van der Waals surface area (Å²) < 4.78 is 16.4. The van der Waals surface area contributed by atoms with Crippen LogP contribution in [0.1, 0.15) is 19.4 Å². The number of benzene rings is 2. The average molecular weight is 371 g/mol. The van der Waals surface area contributed by atoms with Gasteiger partial charge in [-0.25, -0.2) is 0 Å². The van der Waals surface area contributed by atoms with Gasteiger partial charge in [0.1, 0.15) is 5.75 Å². The lowest BCUT2D eigenvalue weighted by Crippen LogP contribution is -2.30. The number of methoxy groups -OCH3 is 2. The third kappa shape index (κ3) is 6.09. The molecule has 0 saturated carbocycles. The van der Waals surface area contributed by atoms with Gasteiger partial charge in [-0.2, -0.15) is 0 Å². The molecule has 6 heteroatoms. The average Bonchev–Trinajstić information content (AvgIpc) is 2.69. The summed E-state index contributed by atoms with van der Waals surface area (Å²) in [7, 11) is 3.32. The van der Waals surface area contributed by atoms with Crippen molar-refractivity contribution >= 4 is 11.6 Å². The van der Waals surface area contributed by atoms with E-state index in [1.54, 1.807) is 14.2 Å². The summed E-state index contributed by atoms with van der Waals surface area (Å²) in [6.07, 6.45) is 0.799. The second kappa shape index (κ2) is 11.0. The highest BCUT2D eigenvalue weighted by Crippen LogP contribution is 2.30. The minimum atomic E-state index is 0.593. The van der Waals surface area contributed by atoms with Gasteiger partial charge in [0, 0.05) is 24.8 Å². The van der Waals surface area contributed by atoms with Crippen LogP contribution in [0.25, 0.3) is 0 Å². The maximum atomic E-state index is 5.56. The Labute approximate surface area is 161 Å². The lowest BCUT2D eigenvalue weighted by atomic mass is 10.1. The number of aliphatic imine (C=N–C) groups is 1. The maximum absolute atomic E-state index is 5.56. The number of anilines is 1. The summed E-state index contributed by atoms with van der Waals surface area (Å²) in [5, 5.41) is 6.57. The Kier molecular flexibility index (Phi) is 8.29. The third-order valence-electron chi connectivity index (χ3n) is 3.91. The summed E-state index contributed by atoms with van der Waals surface area (Å²) in [6, 6.07) is 13.7. The Morgan fingerprint density at radius 1 is 0.963 bits per heavy atom. The van der Waals surface area contributed by atoms with E-state index in [9.17, 15) is 0 Å². The monoisotopic (exact) mass is 371 g/mol. The van der Waals surface area contributed by atoms with Crippen molar-refractivity contribution in [2.75, 3.05) is 39.2 Å². The topological polar surface area (TPSA) is 64.1 Å². The molecule has 0 unspecified atom stereocenters. The standard InChI is InChI=1S/C21H29N3O3/c1-5-22-21(23-14-13-16-9-7-8-10-18(16)25-3)24-17-11-12-19(27-6-2)20(15-17)26-4/h7-12,15H,5-6,13-14H2,1-4H3,(H2,22,23,24). The minimum absolute atomic E-state index is 0.593. The SMILES string of the molecule is CCNC(=NCCc1ccccc1OC)Nc1ccc(OCC)c(OC)c1. The molecule has 2 N–H and O–H groups in total. The van der Waals surface area contributed by atoms with Crippen LogP contribution in [0, 0.1) is 0 Å². The van der Waals surface area contributed by atoms with Crippen LogP contribution in [0.4, 0.5) is 5.69 Å². The molecule has 0 bridgehead atoms. The summed E-state index contributed by atoms with van der Waals surface area (Å²) in [4.78, 5) is 4.66. The molecule has 2 rings (SSSR count). The Hall–Kier alpha value is -2.89. The molecule has 0 saturated heterocycles. The molecule has 27 heavy (non-hydrogen) atoms. The zero-order valence-electron chi connectivity index (χ0n) is 16.5. The number of hydrogen-bond acceptors (Lipinski definition) is 4. The van der Waals surface area contributed by atoms with Gasteiger partial charge in [0.05, 0.1) is 20.8 Å². The molecule has 0 aromatic heterocycles. The zero-order valence-corrected chi connectivity index (χ0v) is 16.5. The fourth-order valence-corrected chi connectivity index (χ4v) is 2.66. The molecular weight excluding hydrogens is 342 g/mol. The number of guanidine groups is 1. The molecule has 146 valence electrons. The number of ether oxygens (including phenoxy) is 3. The molecule has 2 aromatic carbocycles. The molecule has 0 aliphatic heterocycles. The molecule has 0 aliphatic rings. The van der Waals surface area contributed by atoms with Crippen LogP contribution in [-0.4, -0.2) is 39.9 Å². The predicted molar refractivity (Wildman–Crippen MR) is 110 cm³/mol. The van der Waals surface area contributed by atoms with Crippen LogP contribution in [-0.2, 0) is 6.42 Å². The van der Waals surface area contributed by atoms with Gasteiger partial charge < -0.3 is 24.8 Å². The van der Waals surface area contributed by atoms with Crippen molar-refractivity contribution in [3.05, 3.63) is 48.0 Å². The van der Waals surface area contributed by atoms with E-state index in [1.807, 2.05) is 50.2 Å². The van der Waals surface area contributed by atoms with Crippen molar-refractivity contribution in [1.29, 1.82) is 0 Å². The molecular formula is C21H29N3O3. The van der Waals surface area contributed by atoms with E-state index in [2.05, 4.69) is 21.7 Å². The van der Waals surface area contributed by atoms with Gasteiger partial charge in [-0.05, 0) is 44.0 Å². The van der Waals surface area contributed by atoms with E-state index in [0.29, 0.717) is 18.9 Å². The van der Waals surface area contributed by atoms with Gasteiger partial charge >= 0.3 is 0 Å². The predicted octanol–water partition coefficient (Wildman–Crippen LogP) is 3.72. The van der Waals surface area contributed by atoms with Crippen LogP contribution in [0.15, 0.2) is 47.5 Å². The largest absolute Gasteiger partial charge is 0.496 e. The lowest BCUT2D eigenvalue weighted by molar-refractivity contribution is 0.311. The van der Waals surface area contributed by atoms with E-state index in [-0.39, 0.29) is 0 Å². The molecule has 0 radical (unpaired) electrons. The molecule has 0 amide bonds. The summed E-state index contributed by atoms with van der Waals surface area (Å²) in [5.74, 6) is 3.02. The van der Waals surface area contributed by atoms with E-state index in [0.717, 1.165) is 41.7 Å². The highest BCUT2D eigenvalue weighted by Gasteiger charge is 2.07. The van der Waals surface area contributed by atoms with Gasteiger partial charge in [-0.1, -0.05) is 18.2 Å². The fourth-order valence-electron chi connectivity index (χ4n) is 2.66. The van der Waals surface area contributed by atoms with Crippen molar-refractivity contribution in [2.24, 2.45) is 4.99 Å². The maximum Gasteiger partial charge on any atom is 0.195 e. The molecule has 0 fully saturated rings. The third-order valence-corrected chi connectivity index (χ3v) is 3.91. The number of nitrogens with one attached hydrogen (secondary N) is 2. The Morgan fingerprint density at radius 2 is 1.74 bits per heavy atom. The fraction of sp³-hybridized carbons (Fsp3) is 0.381. The first-order chi connectivity index (χ1) is 13.2. The Balaban J connectivity index is 2.07. The smallest absolute Gasteiger partial charge is 0.195 e. The van der Waals surface area contributed by atoms with E-state index in [4.69, 9.17) is 14.2 Å². The minimum Gasteiger partial charge on any atom is -0.496 e. The van der Waals surface area contributed by atoms with Crippen molar-refractivity contribution in [2.45, 2.75) is 20.3 Å². The van der Waals surface area contributed by atoms with Gasteiger partial charge in [-0.15, -0.1) is 0 Å². The number of hydrogen-bond donors (Lipinski definition) is 2. The normalized spacial score (nSPS) is 11.0. The van der Waals surface area contributed by atoms with Crippen molar-refractivity contribution in [1.82, 2.24) is 5.32 Å². The van der Waals surface area contributed by atoms with Crippen molar-refractivity contribution in [3.63, 3.8) is 0 Å². The lowest BCUT2D eigenvalue weighted by Gasteiger charge is -2.14. The van der Waals surface area contributed by atoms with Gasteiger partial charge in [0.25, 0.3) is 0 Å². The Morgan fingerprint density at radius 3 is 2.44 bits per heavy atom. The van der Waals surface area contributed by atoms with Gasteiger partial charge in [0.2, 0.25) is 0 Å². The van der Waals surface area contributed by atoms with E-state index in [1.165, 1.54) is 0 Å². The first-order valence-electron chi connectivity index (χ1n) is 9.19. The van der Waals surface area contributed by atoms with Crippen LogP contribution in [0.5, 0.6) is 17.2 Å². The Bertz CT molecular complexity index is 747. The van der Waals surface area contributed by atoms with Crippen LogP contribution < -0.4 is 24.8 Å². The van der Waals surface area contributed by atoms with Crippen molar-refractivity contribution < 1.29 is 14.2 Å². The first-order valence-corrected chi connectivity index (χ1v) is 9.19. The van der Waals surface area contributed by atoms with E-state index >= 15 is 0 Å². The molecule has 0 atom stereocenters. The van der Waals surface area contributed by atoms with E-state index < -0.39 is 0 Å². The molecule has 0 spiro atoms. The molecule has 0 heterocycles. The molecule has 6 nitrogen and oxygen atoms in total. The van der Waals surface area contributed by atoms with Crippen LogP contribution >= 0.6 is 0 Å². The number of nitrogens with zero attached hydrogens (tertiary/aromatic N) is 1. The second-order valence-electron chi connectivity index (χ2n) is 5.75. The highest BCUT2D eigenvalue weighted by atomic mass is 16.5. The zero-order chi connectivity index (χ0) is 19.5. The van der Waals surface area contributed by atoms with Gasteiger partial charge in [-0.3, -0.25) is 4.99 Å². The number of rotatable bonds is 9. The summed E-state index contributed by atoms with van der Waals surface area (Å²) >= 11 is 0.